The first kappa shape index (κ1) is 23.6. The Kier molecular flexibility index (Phi) is 6.69. The van der Waals surface area contributed by atoms with Crippen LogP contribution < -0.4 is 5.32 Å². The molecule has 0 saturated carbocycles. The van der Waals surface area contributed by atoms with E-state index in [0.717, 1.165) is 42.5 Å². The van der Waals surface area contributed by atoms with E-state index < -0.39 is 30.1 Å². The minimum absolute atomic E-state index is 0.320. The molecule has 8 heteroatoms. The van der Waals surface area contributed by atoms with Crippen molar-refractivity contribution in [2.75, 3.05) is 18.5 Å². The van der Waals surface area contributed by atoms with Gasteiger partial charge in [-0.3, -0.25) is 14.7 Å². The first-order valence-corrected chi connectivity index (χ1v) is 11.6. The summed E-state index contributed by atoms with van der Waals surface area (Å²) in [6.45, 7) is 1.38. The van der Waals surface area contributed by atoms with E-state index in [0.29, 0.717) is 29.4 Å². The number of nitrogens with zero attached hydrogens (tertiary/aromatic N) is 2. The van der Waals surface area contributed by atoms with Crippen molar-refractivity contribution in [1.82, 2.24) is 9.88 Å². The smallest absolute Gasteiger partial charge is 0.339 e. The molecule has 2 heterocycles. The molecule has 5 rings (SSSR count). The normalized spacial score (nSPS) is 13.3. The van der Waals surface area contributed by atoms with Crippen LogP contribution in [-0.4, -0.2) is 34.9 Å². The molecule has 6 nitrogen and oxygen atoms in total. The highest BCUT2D eigenvalue weighted by atomic mass is 19.1. The van der Waals surface area contributed by atoms with Crippen LogP contribution in [0.1, 0.15) is 27.2 Å². The van der Waals surface area contributed by atoms with Crippen LogP contribution in [0.5, 0.6) is 0 Å². The van der Waals surface area contributed by atoms with Gasteiger partial charge in [0.15, 0.2) is 6.61 Å². The average Bonchev–Trinajstić information content (AvgIpc) is 2.88. The Morgan fingerprint density at radius 2 is 1.78 bits per heavy atom. The molecule has 36 heavy (non-hydrogen) atoms. The molecule has 1 N–H and O–H groups in total. The average molecular weight is 488 g/mol. The SMILES string of the molecule is O=C(COC(=O)c1c2c(nc3ccccc13)CCN(Cc1ccccc1)C2)Nc1cc(F)ccc1F. The van der Waals surface area contributed by atoms with Crippen molar-refractivity contribution < 1.29 is 23.1 Å². The Balaban J connectivity index is 1.38. The summed E-state index contributed by atoms with van der Waals surface area (Å²) in [7, 11) is 0. The molecule has 1 aromatic heterocycles. The van der Waals surface area contributed by atoms with Crippen molar-refractivity contribution in [3.05, 3.63) is 107 Å². The topological polar surface area (TPSA) is 71.5 Å². The number of rotatable bonds is 6. The third-order valence-electron chi connectivity index (χ3n) is 6.12. The number of hydrogen-bond acceptors (Lipinski definition) is 5. The number of carbonyl (C=O) groups excluding carboxylic acids is 2. The van der Waals surface area contributed by atoms with Gasteiger partial charge in [-0.1, -0.05) is 48.5 Å². The summed E-state index contributed by atoms with van der Waals surface area (Å²) in [4.78, 5) is 32.6. The van der Waals surface area contributed by atoms with E-state index in [2.05, 4.69) is 22.3 Å². The minimum Gasteiger partial charge on any atom is -0.452 e. The van der Waals surface area contributed by atoms with Gasteiger partial charge >= 0.3 is 5.97 Å². The number of anilines is 1. The molecular weight excluding hydrogens is 464 g/mol. The monoisotopic (exact) mass is 487 g/mol. The van der Waals surface area contributed by atoms with Gasteiger partial charge in [0.25, 0.3) is 5.91 Å². The van der Waals surface area contributed by atoms with Crippen LogP contribution in [0.15, 0.2) is 72.8 Å². The zero-order valence-corrected chi connectivity index (χ0v) is 19.3. The second-order valence-corrected chi connectivity index (χ2v) is 8.62. The number of nitrogens with one attached hydrogen (secondary N) is 1. The van der Waals surface area contributed by atoms with Crippen LogP contribution >= 0.6 is 0 Å². The van der Waals surface area contributed by atoms with Gasteiger partial charge in [-0.15, -0.1) is 0 Å². The lowest BCUT2D eigenvalue weighted by molar-refractivity contribution is -0.119. The fourth-order valence-corrected chi connectivity index (χ4v) is 4.44. The molecule has 0 bridgehead atoms. The van der Waals surface area contributed by atoms with Gasteiger partial charge in [0.05, 0.1) is 16.8 Å². The lowest BCUT2D eigenvalue weighted by Crippen LogP contribution is -2.32. The number of halogens is 2. The van der Waals surface area contributed by atoms with Gasteiger partial charge in [-0.25, -0.2) is 13.6 Å². The van der Waals surface area contributed by atoms with Crippen LogP contribution in [-0.2, 0) is 29.0 Å². The Morgan fingerprint density at radius 3 is 2.61 bits per heavy atom. The molecule has 1 amide bonds. The predicted molar refractivity (Wildman–Crippen MR) is 131 cm³/mol. The summed E-state index contributed by atoms with van der Waals surface area (Å²) in [5, 5.41) is 2.88. The fourth-order valence-electron chi connectivity index (χ4n) is 4.44. The Labute approximate surface area is 206 Å². The van der Waals surface area contributed by atoms with E-state index in [9.17, 15) is 18.4 Å². The third-order valence-corrected chi connectivity index (χ3v) is 6.12. The van der Waals surface area contributed by atoms with E-state index in [-0.39, 0.29) is 5.69 Å². The Bertz CT molecular complexity index is 1440. The molecule has 1 aliphatic heterocycles. The number of para-hydroxylation sites is 1. The first-order valence-electron chi connectivity index (χ1n) is 11.6. The first-order chi connectivity index (χ1) is 17.5. The molecule has 4 aromatic rings. The number of carbonyl (C=O) groups is 2. The molecule has 0 aliphatic carbocycles. The van der Waals surface area contributed by atoms with Crippen molar-refractivity contribution in [3.8, 4) is 0 Å². The summed E-state index contributed by atoms with van der Waals surface area (Å²) >= 11 is 0. The summed E-state index contributed by atoms with van der Waals surface area (Å²) in [6, 6.07) is 20.1. The van der Waals surface area contributed by atoms with Crippen molar-refractivity contribution in [3.63, 3.8) is 0 Å². The van der Waals surface area contributed by atoms with Crippen molar-refractivity contribution in [2.45, 2.75) is 19.5 Å². The van der Waals surface area contributed by atoms with Crippen LogP contribution in [0.25, 0.3) is 10.9 Å². The lowest BCUT2D eigenvalue weighted by atomic mass is 9.95. The molecule has 1 aliphatic rings. The van der Waals surface area contributed by atoms with Crippen LogP contribution in [0, 0.1) is 11.6 Å². The highest BCUT2D eigenvalue weighted by molar-refractivity contribution is 6.06. The van der Waals surface area contributed by atoms with E-state index in [4.69, 9.17) is 9.72 Å². The molecular formula is C28H23F2N3O3. The Hall–Kier alpha value is -4.17. The van der Waals surface area contributed by atoms with Crippen molar-refractivity contribution >= 4 is 28.5 Å². The standard InChI is InChI=1S/C28H23F2N3O3/c29-19-10-11-22(30)25(14-19)32-26(34)17-36-28(35)27-20-8-4-5-9-23(20)31-24-12-13-33(16-21(24)27)15-18-6-2-1-3-7-18/h1-11,14H,12-13,15-17H2,(H,32,34). The van der Waals surface area contributed by atoms with E-state index in [1.165, 1.54) is 5.56 Å². The number of aromatic nitrogens is 1. The predicted octanol–water partition coefficient (Wildman–Crippen LogP) is 4.87. The molecule has 0 fully saturated rings. The van der Waals surface area contributed by atoms with E-state index >= 15 is 0 Å². The molecule has 3 aromatic carbocycles. The zero-order valence-electron chi connectivity index (χ0n) is 19.3. The molecule has 0 radical (unpaired) electrons. The maximum atomic E-state index is 13.8. The highest BCUT2D eigenvalue weighted by Gasteiger charge is 2.27. The maximum Gasteiger partial charge on any atom is 0.339 e. The fraction of sp³-hybridized carbons (Fsp3) is 0.179. The summed E-state index contributed by atoms with van der Waals surface area (Å²) < 4.78 is 32.6. The zero-order chi connectivity index (χ0) is 25.1. The number of benzene rings is 3. The minimum atomic E-state index is -0.788. The van der Waals surface area contributed by atoms with Gasteiger partial charge < -0.3 is 10.1 Å². The van der Waals surface area contributed by atoms with Gasteiger partial charge in [0.2, 0.25) is 0 Å². The summed E-state index contributed by atoms with van der Waals surface area (Å²) in [6.07, 6.45) is 0.673. The number of esters is 1. The number of fused-ring (bicyclic) bond motifs is 2. The summed E-state index contributed by atoms with van der Waals surface area (Å²) in [5.41, 5.74) is 3.50. The number of pyridine rings is 1. The van der Waals surface area contributed by atoms with E-state index in [1.54, 1.807) is 6.07 Å². The number of amides is 1. The van der Waals surface area contributed by atoms with Gasteiger partial charge in [-0.2, -0.15) is 0 Å². The quantitative estimate of drug-likeness (QED) is 0.393. The van der Waals surface area contributed by atoms with E-state index in [1.807, 2.05) is 36.4 Å². The second-order valence-electron chi connectivity index (χ2n) is 8.62. The highest BCUT2D eigenvalue weighted by Crippen LogP contribution is 2.29. The molecule has 0 spiro atoms. The van der Waals surface area contributed by atoms with Crippen molar-refractivity contribution in [2.24, 2.45) is 0 Å². The Morgan fingerprint density at radius 1 is 1.00 bits per heavy atom. The van der Waals surface area contributed by atoms with Crippen molar-refractivity contribution in [1.29, 1.82) is 0 Å². The lowest BCUT2D eigenvalue weighted by Gasteiger charge is -2.30. The van der Waals surface area contributed by atoms with Crippen LogP contribution in [0.2, 0.25) is 0 Å². The second kappa shape index (κ2) is 10.2. The maximum absolute atomic E-state index is 13.8. The van der Waals surface area contributed by atoms with Gasteiger partial charge in [-0.05, 0) is 23.8 Å². The van der Waals surface area contributed by atoms with Gasteiger partial charge in [0, 0.05) is 48.8 Å². The largest absolute Gasteiger partial charge is 0.452 e. The molecule has 0 unspecified atom stereocenters. The number of hydrogen-bond donors (Lipinski definition) is 1. The molecule has 0 saturated heterocycles. The van der Waals surface area contributed by atoms with Gasteiger partial charge in [0.1, 0.15) is 11.6 Å². The molecule has 182 valence electrons. The summed E-state index contributed by atoms with van der Waals surface area (Å²) in [5.74, 6) is -2.92. The molecule has 0 atom stereocenters. The van der Waals surface area contributed by atoms with Crippen LogP contribution in [0.3, 0.4) is 0 Å². The number of ether oxygens (including phenoxy) is 1. The van der Waals surface area contributed by atoms with Crippen LogP contribution in [0.4, 0.5) is 14.5 Å². The third kappa shape index (κ3) is 5.08.